The summed E-state index contributed by atoms with van der Waals surface area (Å²) in [6, 6.07) is 6.43. The van der Waals surface area contributed by atoms with E-state index in [2.05, 4.69) is 20.6 Å². The van der Waals surface area contributed by atoms with Crippen LogP contribution in [0, 0.1) is 5.82 Å². The van der Waals surface area contributed by atoms with Crippen LogP contribution in [0.4, 0.5) is 4.39 Å². The first-order chi connectivity index (χ1) is 11.7. The van der Waals surface area contributed by atoms with Crippen LogP contribution in [-0.4, -0.2) is 30.5 Å². The van der Waals surface area contributed by atoms with E-state index < -0.39 is 0 Å². The van der Waals surface area contributed by atoms with Crippen molar-refractivity contribution in [1.82, 2.24) is 29.9 Å². The van der Waals surface area contributed by atoms with Crippen LogP contribution in [-0.2, 0) is 19.6 Å². The minimum atomic E-state index is -0.347. The van der Waals surface area contributed by atoms with E-state index in [4.69, 9.17) is 0 Å². The molecule has 0 bridgehead atoms. The second-order valence-corrected chi connectivity index (χ2v) is 5.20. The number of nitrogens with one attached hydrogen (secondary N) is 1. The van der Waals surface area contributed by atoms with Gasteiger partial charge in [0.1, 0.15) is 11.6 Å². The fourth-order valence-corrected chi connectivity index (χ4v) is 2.33. The fourth-order valence-electron chi connectivity index (χ4n) is 2.33. The normalized spacial score (nSPS) is 10.8. The molecule has 124 valence electrons. The summed E-state index contributed by atoms with van der Waals surface area (Å²) in [4.78, 5) is 16.3. The van der Waals surface area contributed by atoms with Gasteiger partial charge in [0, 0.05) is 24.5 Å². The summed E-state index contributed by atoms with van der Waals surface area (Å²) in [7, 11) is 0. The molecule has 0 unspecified atom stereocenters. The summed E-state index contributed by atoms with van der Waals surface area (Å²) >= 11 is 0. The van der Waals surface area contributed by atoms with Crippen molar-refractivity contribution in [2.24, 2.45) is 0 Å². The number of rotatable bonds is 6. The number of amides is 1. The lowest BCUT2D eigenvalue weighted by Gasteiger charge is -2.05. The van der Waals surface area contributed by atoms with Crippen molar-refractivity contribution in [2.75, 3.05) is 0 Å². The van der Waals surface area contributed by atoms with Crippen LogP contribution in [0.25, 0.3) is 0 Å². The molecule has 0 atom stereocenters. The van der Waals surface area contributed by atoms with Gasteiger partial charge >= 0.3 is 0 Å². The molecule has 1 amide bonds. The number of hydrogen-bond donors (Lipinski definition) is 1. The quantitative estimate of drug-likeness (QED) is 0.746. The minimum absolute atomic E-state index is 0.181. The van der Waals surface area contributed by atoms with E-state index in [1.165, 1.54) is 16.9 Å². The Kier molecular flexibility index (Phi) is 4.64. The van der Waals surface area contributed by atoms with Crippen molar-refractivity contribution in [1.29, 1.82) is 0 Å². The number of imidazole rings is 1. The van der Waals surface area contributed by atoms with Crippen LogP contribution in [0.15, 0.2) is 42.9 Å². The second-order valence-electron chi connectivity index (χ2n) is 5.20. The number of carbonyl (C=O) groups excluding carboxylic acids is 1. The van der Waals surface area contributed by atoms with Crippen LogP contribution in [0.5, 0.6) is 0 Å². The summed E-state index contributed by atoms with van der Waals surface area (Å²) in [6.07, 6.45) is 5.04. The number of aromatic nitrogens is 5. The molecule has 0 spiro atoms. The van der Waals surface area contributed by atoms with E-state index in [1.807, 2.05) is 17.7 Å². The zero-order chi connectivity index (χ0) is 16.9. The molecular weight excluding hydrogens is 311 g/mol. The van der Waals surface area contributed by atoms with Crippen LogP contribution >= 0.6 is 0 Å². The molecule has 2 aromatic heterocycles. The standard InChI is InChI=1S/C16H17FN6O/c1-2-22-8-7-18-15(22)9-19-16(24)14-11-23(21-20-14)10-12-5-3-4-6-13(12)17/h3-8,11H,2,9-10H2,1H3,(H,19,24). The summed E-state index contributed by atoms with van der Waals surface area (Å²) in [6.45, 7) is 3.30. The second kappa shape index (κ2) is 7.03. The molecule has 0 saturated carbocycles. The van der Waals surface area contributed by atoms with Gasteiger partial charge in [0.15, 0.2) is 5.69 Å². The summed E-state index contributed by atoms with van der Waals surface area (Å²) in [5.74, 6) is 0.107. The van der Waals surface area contributed by atoms with E-state index in [0.717, 1.165) is 12.4 Å². The monoisotopic (exact) mass is 328 g/mol. The highest BCUT2D eigenvalue weighted by Crippen LogP contribution is 2.08. The Morgan fingerprint density at radius 3 is 2.96 bits per heavy atom. The zero-order valence-corrected chi connectivity index (χ0v) is 13.2. The predicted octanol–water partition coefficient (Wildman–Crippen LogP) is 1.61. The Balaban J connectivity index is 1.62. The summed E-state index contributed by atoms with van der Waals surface area (Å²) < 4.78 is 17.0. The Morgan fingerprint density at radius 2 is 2.17 bits per heavy atom. The van der Waals surface area contributed by atoms with Gasteiger partial charge in [0.25, 0.3) is 5.91 Å². The average Bonchev–Trinajstić information content (AvgIpc) is 3.23. The van der Waals surface area contributed by atoms with E-state index in [0.29, 0.717) is 12.1 Å². The van der Waals surface area contributed by atoms with Crippen molar-refractivity contribution in [3.63, 3.8) is 0 Å². The van der Waals surface area contributed by atoms with E-state index in [-0.39, 0.29) is 24.0 Å². The van der Waals surface area contributed by atoms with Gasteiger partial charge in [-0.05, 0) is 13.0 Å². The first-order valence-corrected chi connectivity index (χ1v) is 7.59. The maximum atomic E-state index is 13.6. The Bertz CT molecular complexity index is 840. The summed E-state index contributed by atoms with van der Waals surface area (Å²) in [5, 5.41) is 10.5. The van der Waals surface area contributed by atoms with Crippen molar-refractivity contribution in [3.05, 3.63) is 65.8 Å². The molecule has 24 heavy (non-hydrogen) atoms. The number of nitrogens with zero attached hydrogens (tertiary/aromatic N) is 5. The SMILES string of the molecule is CCn1ccnc1CNC(=O)c1cn(Cc2ccccc2F)nn1. The number of carbonyl (C=O) groups is 1. The van der Waals surface area contributed by atoms with Gasteiger partial charge in [-0.3, -0.25) is 4.79 Å². The van der Waals surface area contributed by atoms with Crippen molar-refractivity contribution in [3.8, 4) is 0 Å². The van der Waals surface area contributed by atoms with Gasteiger partial charge in [-0.2, -0.15) is 0 Å². The molecule has 0 saturated heterocycles. The van der Waals surface area contributed by atoms with E-state index in [1.54, 1.807) is 24.4 Å². The van der Waals surface area contributed by atoms with Gasteiger partial charge in [0.2, 0.25) is 0 Å². The maximum Gasteiger partial charge on any atom is 0.273 e. The lowest BCUT2D eigenvalue weighted by molar-refractivity contribution is 0.0944. The molecule has 0 aliphatic rings. The molecule has 8 heteroatoms. The number of aryl methyl sites for hydroxylation is 1. The third-order valence-electron chi connectivity index (χ3n) is 3.61. The molecule has 7 nitrogen and oxygen atoms in total. The number of benzene rings is 1. The van der Waals surface area contributed by atoms with Crippen LogP contribution in [0.2, 0.25) is 0 Å². The lowest BCUT2D eigenvalue weighted by atomic mass is 10.2. The van der Waals surface area contributed by atoms with Crippen LogP contribution < -0.4 is 5.32 Å². The highest BCUT2D eigenvalue weighted by Gasteiger charge is 2.12. The first-order valence-electron chi connectivity index (χ1n) is 7.59. The van der Waals surface area contributed by atoms with Crippen molar-refractivity contribution >= 4 is 5.91 Å². The smallest absolute Gasteiger partial charge is 0.273 e. The number of halogens is 1. The van der Waals surface area contributed by atoms with Crippen molar-refractivity contribution < 1.29 is 9.18 Å². The van der Waals surface area contributed by atoms with Gasteiger partial charge in [0.05, 0.1) is 19.3 Å². The molecule has 1 N–H and O–H groups in total. The molecule has 0 radical (unpaired) electrons. The molecular formula is C16H17FN6O. The van der Waals surface area contributed by atoms with Gasteiger partial charge in [-0.1, -0.05) is 23.4 Å². The Labute approximate surface area is 138 Å². The average molecular weight is 328 g/mol. The Hall–Kier alpha value is -3.03. The third kappa shape index (κ3) is 3.48. The van der Waals surface area contributed by atoms with Crippen LogP contribution in [0.1, 0.15) is 28.8 Å². The molecule has 3 rings (SSSR count). The third-order valence-corrected chi connectivity index (χ3v) is 3.61. The van der Waals surface area contributed by atoms with Crippen molar-refractivity contribution in [2.45, 2.75) is 26.6 Å². The molecule has 1 aromatic carbocycles. The topological polar surface area (TPSA) is 77.6 Å². The molecule has 3 aromatic rings. The molecule has 0 fully saturated rings. The van der Waals surface area contributed by atoms with E-state index in [9.17, 15) is 9.18 Å². The zero-order valence-electron chi connectivity index (χ0n) is 13.2. The van der Waals surface area contributed by atoms with Gasteiger partial charge in [-0.25, -0.2) is 14.1 Å². The van der Waals surface area contributed by atoms with E-state index >= 15 is 0 Å². The molecule has 0 aliphatic heterocycles. The lowest BCUT2D eigenvalue weighted by Crippen LogP contribution is -2.25. The van der Waals surface area contributed by atoms with Crippen LogP contribution in [0.3, 0.4) is 0 Å². The molecule has 0 aliphatic carbocycles. The highest BCUT2D eigenvalue weighted by molar-refractivity contribution is 5.91. The predicted molar refractivity (Wildman–Crippen MR) is 84.6 cm³/mol. The molecule has 2 heterocycles. The van der Waals surface area contributed by atoms with Gasteiger partial charge in [-0.15, -0.1) is 5.10 Å². The minimum Gasteiger partial charge on any atom is -0.343 e. The highest BCUT2D eigenvalue weighted by atomic mass is 19.1. The number of hydrogen-bond acceptors (Lipinski definition) is 4. The fraction of sp³-hybridized carbons (Fsp3) is 0.250. The first kappa shape index (κ1) is 15.9. The largest absolute Gasteiger partial charge is 0.343 e. The Morgan fingerprint density at radius 1 is 1.33 bits per heavy atom. The maximum absolute atomic E-state index is 13.6. The summed E-state index contributed by atoms with van der Waals surface area (Å²) in [5.41, 5.74) is 0.667. The van der Waals surface area contributed by atoms with Gasteiger partial charge < -0.3 is 9.88 Å².